The number of benzene rings is 1. The maximum atomic E-state index is 12.3. The fourth-order valence-electron chi connectivity index (χ4n) is 2.47. The first-order chi connectivity index (χ1) is 12.8. The number of carboxylic acids is 1. The van der Waals surface area contributed by atoms with Crippen molar-refractivity contribution in [2.75, 3.05) is 7.11 Å². The molecule has 156 valence electrons. The van der Waals surface area contributed by atoms with Crippen molar-refractivity contribution < 1.29 is 29.0 Å². The van der Waals surface area contributed by atoms with E-state index in [4.69, 9.17) is 9.47 Å². The molecule has 0 bridgehead atoms. The molecule has 0 heterocycles. The van der Waals surface area contributed by atoms with E-state index in [-0.39, 0.29) is 12.8 Å². The predicted molar refractivity (Wildman–Crippen MR) is 104 cm³/mol. The maximum absolute atomic E-state index is 12.3. The number of nitrogens with one attached hydrogen (secondary N) is 2. The number of methoxy groups -OCH3 is 1. The Morgan fingerprint density at radius 1 is 1.07 bits per heavy atom. The van der Waals surface area contributed by atoms with Crippen molar-refractivity contribution in [1.29, 1.82) is 0 Å². The van der Waals surface area contributed by atoms with Gasteiger partial charge in [0.1, 0.15) is 17.4 Å². The van der Waals surface area contributed by atoms with Gasteiger partial charge in [-0.1, -0.05) is 12.1 Å². The summed E-state index contributed by atoms with van der Waals surface area (Å²) in [4.78, 5) is 35.8. The molecule has 0 saturated heterocycles. The van der Waals surface area contributed by atoms with E-state index in [9.17, 15) is 19.5 Å². The van der Waals surface area contributed by atoms with E-state index in [1.54, 1.807) is 66.0 Å². The zero-order valence-corrected chi connectivity index (χ0v) is 17.3. The largest absolute Gasteiger partial charge is 0.497 e. The monoisotopic (exact) mass is 394 g/mol. The molecule has 2 amide bonds. The molecular weight excluding hydrogens is 364 g/mol. The first-order valence-electron chi connectivity index (χ1n) is 8.97. The second-order valence-electron chi connectivity index (χ2n) is 8.20. The Labute approximate surface area is 165 Å². The summed E-state index contributed by atoms with van der Waals surface area (Å²) in [5.74, 6) is -0.960. The average molecular weight is 394 g/mol. The number of hydrogen-bond acceptors (Lipinski definition) is 5. The lowest BCUT2D eigenvalue weighted by Crippen LogP contribution is -2.50. The minimum absolute atomic E-state index is 0.0986. The molecule has 28 heavy (non-hydrogen) atoms. The number of amides is 2. The minimum Gasteiger partial charge on any atom is -0.497 e. The first-order valence-corrected chi connectivity index (χ1v) is 8.97. The van der Waals surface area contributed by atoms with Crippen LogP contribution in [0.15, 0.2) is 24.3 Å². The van der Waals surface area contributed by atoms with Gasteiger partial charge in [-0.25, -0.2) is 9.59 Å². The summed E-state index contributed by atoms with van der Waals surface area (Å²) in [6.07, 6.45) is -0.609. The molecule has 0 radical (unpaired) electrons. The molecule has 0 fully saturated rings. The van der Waals surface area contributed by atoms with E-state index < -0.39 is 35.2 Å². The van der Waals surface area contributed by atoms with Crippen LogP contribution in [0.25, 0.3) is 0 Å². The van der Waals surface area contributed by atoms with Gasteiger partial charge in [0, 0.05) is 18.4 Å². The molecule has 1 atom stereocenters. The molecule has 3 N–H and O–H groups in total. The highest BCUT2D eigenvalue weighted by molar-refractivity contribution is 5.84. The second-order valence-corrected chi connectivity index (χ2v) is 8.20. The molecule has 1 aromatic rings. The van der Waals surface area contributed by atoms with E-state index in [0.717, 1.165) is 5.56 Å². The molecule has 0 aromatic heterocycles. The van der Waals surface area contributed by atoms with Gasteiger partial charge in [-0.15, -0.1) is 0 Å². The molecule has 0 spiro atoms. The van der Waals surface area contributed by atoms with Crippen molar-refractivity contribution in [3.63, 3.8) is 0 Å². The van der Waals surface area contributed by atoms with E-state index in [1.165, 1.54) is 0 Å². The quantitative estimate of drug-likeness (QED) is 0.624. The molecular formula is C20H30N2O6. The van der Waals surface area contributed by atoms with Gasteiger partial charge in [-0.2, -0.15) is 0 Å². The Hall–Kier alpha value is -2.77. The van der Waals surface area contributed by atoms with Crippen LogP contribution >= 0.6 is 0 Å². The number of aliphatic carboxylic acids is 1. The molecule has 8 nitrogen and oxygen atoms in total. The van der Waals surface area contributed by atoms with Gasteiger partial charge in [0.2, 0.25) is 5.91 Å². The van der Waals surface area contributed by atoms with Crippen LogP contribution in [0.1, 0.15) is 46.6 Å². The highest BCUT2D eigenvalue weighted by Gasteiger charge is 2.29. The normalized spacial score (nSPS) is 12.6. The fraction of sp³-hybridized carbons (Fsp3) is 0.550. The average Bonchev–Trinajstić information content (AvgIpc) is 2.51. The van der Waals surface area contributed by atoms with Crippen LogP contribution in [0.5, 0.6) is 5.75 Å². The van der Waals surface area contributed by atoms with Crippen LogP contribution in [-0.4, -0.2) is 47.4 Å². The Bertz CT molecular complexity index is 692. The molecule has 1 rings (SSSR count). The summed E-state index contributed by atoms with van der Waals surface area (Å²) < 4.78 is 10.3. The number of rotatable bonds is 8. The number of carbonyl (C=O) groups excluding carboxylic acids is 2. The van der Waals surface area contributed by atoms with E-state index in [1.807, 2.05) is 0 Å². The summed E-state index contributed by atoms with van der Waals surface area (Å²) in [5, 5.41) is 14.6. The van der Waals surface area contributed by atoms with Crippen LogP contribution < -0.4 is 15.4 Å². The summed E-state index contributed by atoms with van der Waals surface area (Å²) in [6.45, 7) is 8.54. The number of carboxylic acid groups (broad SMARTS) is 1. The van der Waals surface area contributed by atoms with E-state index in [2.05, 4.69) is 10.6 Å². The maximum Gasteiger partial charge on any atom is 0.408 e. The highest BCUT2D eigenvalue weighted by Crippen LogP contribution is 2.15. The standard InChI is InChI=1S/C20H30N2O6/c1-19(2,3)28-18(26)22-20(4,5)12-16(23)21-15(17(24)25)11-13-7-9-14(27-6)10-8-13/h7-10,15H,11-12H2,1-6H3,(H,21,23)(H,22,26)(H,24,25)/t15-/m0/s1. The van der Waals surface area contributed by atoms with E-state index >= 15 is 0 Å². The Kier molecular flexibility index (Phi) is 7.84. The molecule has 0 aliphatic heterocycles. The Morgan fingerprint density at radius 3 is 2.11 bits per heavy atom. The molecule has 1 aromatic carbocycles. The third kappa shape index (κ3) is 8.75. The number of ether oxygens (including phenoxy) is 2. The number of hydrogen-bond donors (Lipinski definition) is 3. The molecule has 0 saturated carbocycles. The topological polar surface area (TPSA) is 114 Å². The molecule has 0 unspecified atom stereocenters. The van der Waals surface area contributed by atoms with Crippen LogP contribution in [0, 0.1) is 0 Å². The first kappa shape index (κ1) is 23.3. The van der Waals surface area contributed by atoms with Gasteiger partial charge in [0.25, 0.3) is 0 Å². The second kappa shape index (κ2) is 9.43. The van der Waals surface area contributed by atoms with Crippen LogP contribution in [-0.2, 0) is 20.7 Å². The van der Waals surface area contributed by atoms with E-state index in [0.29, 0.717) is 5.75 Å². The van der Waals surface area contributed by atoms with Gasteiger partial charge in [0.05, 0.1) is 7.11 Å². The molecule has 8 heteroatoms. The predicted octanol–water partition coefficient (Wildman–Crippen LogP) is 2.50. The van der Waals surface area contributed by atoms with Crippen LogP contribution in [0.4, 0.5) is 4.79 Å². The summed E-state index contributed by atoms with van der Waals surface area (Å²) >= 11 is 0. The van der Waals surface area contributed by atoms with Crippen molar-refractivity contribution in [1.82, 2.24) is 10.6 Å². The third-order valence-corrected chi connectivity index (χ3v) is 3.67. The zero-order valence-electron chi connectivity index (χ0n) is 17.3. The molecule has 0 aliphatic carbocycles. The summed E-state index contributed by atoms with van der Waals surface area (Å²) in [6, 6.07) is 5.86. The van der Waals surface area contributed by atoms with Crippen molar-refractivity contribution in [3.05, 3.63) is 29.8 Å². The van der Waals surface area contributed by atoms with Crippen LogP contribution in [0.3, 0.4) is 0 Å². The summed E-state index contributed by atoms with van der Waals surface area (Å²) in [7, 11) is 1.54. The lowest BCUT2D eigenvalue weighted by Gasteiger charge is -2.28. The highest BCUT2D eigenvalue weighted by atomic mass is 16.6. The Morgan fingerprint density at radius 2 is 1.64 bits per heavy atom. The van der Waals surface area contributed by atoms with Gasteiger partial charge < -0.3 is 25.2 Å². The van der Waals surface area contributed by atoms with Gasteiger partial charge in [0.15, 0.2) is 0 Å². The minimum atomic E-state index is -1.14. The SMILES string of the molecule is COc1ccc(C[C@H](NC(=O)CC(C)(C)NC(=O)OC(C)(C)C)C(=O)O)cc1. The van der Waals surface area contributed by atoms with Crippen molar-refractivity contribution >= 4 is 18.0 Å². The summed E-state index contributed by atoms with van der Waals surface area (Å²) in [5.41, 5.74) is -0.815. The van der Waals surface area contributed by atoms with Gasteiger partial charge >= 0.3 is 12.1 Å². The zero-order chi connectivity index (χ0) is 21.5. The third-order valence-electron chi connectivity index (χ3n) is 3.67. The van der Waals surface area contributed by atoms with Crippen LogP contribution in [0.2, 0.25) is 0 Å². The number of carbonyl (C=O) groups is 3. The smallest absolute Gasteiger partial charge is 0.408 e. The lowest BCUT2D eigenvalue weighted by atomic mass is 9.99. The van der Waals surface area contributed by atoms with Crippen molar-refractivity contribution in [2.24, 2.45) is 0 Å². The fourth-order valence-corrected chi connectivity index (χ4v) is 2.47. The number of alkyl carbamates (subject to hydrolysis) is 1. The lowest BCUT2D eigenvalue weighted by molar-refractivity contribution is -0.142. The van der Waals surface area contributed by atoms with Crippen molar-refractivity contribution in [2.45, 2.75) is 64.6 Å². The van der Waals surface area contributed by atoms with Gasteiger partial charge in [-0.05, 0) is 52.3 Å². The van der Waals surface area contributed by atoms with Crippen molar-refractivity contribution in [3.8, 4) is 5.75 Å². The van der Waals surface area contributed by atoms with Gasteiger partial charge in [-0.3, -0.25) is 4.79 Å². The molecule has 0 aliphatic rings. The Balaban J connectivity index is 2.67.